The molecule has 0 rings (SSSR count). The Morgan fingerprint density at radius 3 is 1.78 bits per heavy atom. The summed E-state index contributed by atoms with van der Waals surface area (Å²) in [5.74, 6) is 0.289. The van der Waals surface area contributed by atoms with Crippen molar-refractivity contribution >= 4 is 5.78 Å². The Morgan fingerprint density at radius 1 is 1.06 bits per heavy atom. The Bertz CT molecular complexity index is 253. The van der Waals surface area contributed by atoms with Crippen molar-refractivity contribution in [2.75, 3.05) is 0 Å². The fraction of sp³-hybridized carbons (Fsp3) is 0.929. The standard InChI is InChI=1S/C9H20N2O.C5H10O/c1-6-7-9(5,12)11-10-8(2,3)4;1-3-4-5(2)6/h12H,6-7H2,1-5H3;3-4H2,1-2H3. The summed E-state index contributed by atoms with van der Waals surface area (Å²) in [6.45, 7) is 13.2. The first-order valence-corrected chi connectivity index (χ1v) is 6.70. The van der Waals surface area contributed by atoms with Gasteiger partial charge in [0.15, 0.2) is 5.72 Å². The van der Waals surface area contributed by atoms with Gasteiger partial charge in [0.25, 0.3) is 0 Å². The van der Waals surface area contributed by atoms with E-state index in [0.717, 1.165) is 19.3 Å². The molecular weight excluding hydrogens is 228 g/mol. The summed E-state index contributed by atoms with van der Waals surface area (Å²) < 4.78 is 0. The van der Waals surface area contributed by atoms with E-state index in [1.807, 2.05) is 34.6 Å². The van der Waals surface area contributed by atoms with Crippen molar-refractivity contribution in [3.05, 3.63) is 0 Å². The second kappa shape index (κ2) is 9.20. The summed E-state index contributed by atoms with van der Waals surface area (Å²) in [4.78, 5) is 10.0. The molecule has 0 aliphatic heterocycles. The van der Waals surface area contributed by atoms with Crippen LogP contribution in [-0.2, 0) is 4.79 Å². The monoisotopic (exact) mass is 258 g/mol. The van der Waals surface area contributed by atoms with Crippen molar-refractivity contribution in [3.63, 3.8) is 0 Å². The number of hydrogen-bond donors (Lipinski definition) is 1. The Balaban J connectivity index is 0. The summed E-state index contributed by atoms with van der Waals surface area (Å²) in [6, 6.07) is 0. The number of carbonyl (C=O) groups excluding carboxylic acids is 1. The van der Waals surface area contributed by atoms with Gasteiger partial charge >= 0.3 is 0 Å². The zero-order chi connectivity index (χ0) is 14.8. The Labute approximate surface area is 112 Å². The second-order valence-corrected chi connectivity index (χ2v) is 5.79. The van der Waals surface area contributed by atoms with Crippen LogP contribution in [0.3, 0.4) is 0 Å². The van der Waals surface area contributed by atoms with Crippen LogP contribution < -0.4 is 0 Å². The molecule has 4 heteroatoms. The molecule has 0 radical (unpaired) electrons. The molecule has 1 unspecified atom stereocenters. The Kier molecular flexibility index (Phi) is 10.00. The van der Waals surface area contributed by atoms with Gasteiger partial charge in [-0.05, 0) is 47.5 Å². The molecule has 0 aliphatic carbocycles. The summed E-state index contributed by atoms with van der Waals surface area (Å²) in [5.41, 5.74) is -1.18. The minimum Gasteiger partial charge on any atom is -0.368 e. The van der Waals surface area contributed by atoms with Crippen molar-refractivity contribution in [2.45, 2.75) is 85.4 Å². The molecule has 0 heterocycles. The average molecular weight is 258 g/mol. The third-order valence-electron chi connectivity index (χ3n) is 1.89. The third kappa shape index (κ3) is 17.6. The lowest BCUT2D eigenvalue weighted by Crippen LogP contribution is -2.21. The number of azo groups is 1. The molecule has 1 atom stereocenters. The number of nitrogens with zero attached hydrogens (tertiary/aromatic N) is 2. The molecule has 18 heavy (non-hydrogen) atoms. The van der Waals surface area contributed by atoms with Crippen LogP contribution in [0.15, 0.2) is 10.2 Å². The van der Waals surface area contributed by atoms with Crippen molar-refractivity contribution < 1.29 is 9.90 Å². The largest absolute Gasteiger partial charge is 0.368 e. The molecule has 108 valence electrons. The molecule has 0 fully saturated rings. The van der Waals surface area contributed by atoms with E-state index in [2.05, 4.69) is 10.2 Å². The number of rotatable bonds is 5. The van der Waals surface area contributed by atoms with Crippen LogP contribution >= 0.6 is 0 Å². The van der Waals surface area contributed by atoms with Gasteiger partial charge in [-0.15, -0.1) is 0 Å². The van der Waals surface area contributed by atoms with Gasteiger partial charge in [0.05, 0.1) is 5.54 Å². The summed E-state index contributed by atoms with van der Waals surface area (Å²) in [6.07, 6.45) is 3.29. The van der Waals surface area contributed by atoms with E-state index in [-0.39, 0.29) is 11.3 Å². The minimum atomic E-state index is -0.984. The zero-order valence-electron chi connectivity index (χ0n) is 13.1. The van der Waals surface area contributed by atoms with Crippen molar-refractivity contribution in [3.8, 4) is 0 Å². The van der Waals surface area contributed by atoms with Crippen LogP contribution in [0.25, 0.3) is 0 Å². The SMILES string of the molecule is CCCC(C)(O)N=NC(C)(C)C.CCCC(C)=O. The highest BCUT2D eigenvalue weighted by Crippen LogP contribution is 2.17. The molecule has 0 saturated carbocycles. The molecule has 0 spiro atoms. The lowest BCUT2D eigenvalue weighted by molar-refractivity contribution is -0.117. The smallest absolute Gasteiger partial charge is 0.173 e. The van der Waals surface area contributed by atoms with Crippen LogP contribution in [0, 0.1) is 0 Å². The Hall–Kier alpha value is -0.770. The van der Waals surface area contributed by atoms with E-state index >= 15 is 0 Å². The van der Waals surface area contributed by atoms with E-state index < -0.39 is 5.72 Å². The average Bonchev–Trinajstić information content (AvgIpc) is 2.14. The molecule has 4 nitrogen and oxygen atoms in total. The van der Waals surface area contributed by atoms with Crippen molar-refractivity contribution in [1.29, 1.82) is 0 Å². The molecule has 0 aromatic heterocycles. The van der Waals surface area contributed by atoms with Gasteiger partial charge in [0, 0.05) is 6.42 Å². The summed E-state index contributed by atoms with van der Waals surface area (Å²) >= 11 is 0. The topological polar surface area (TPSA) is 62.0 Å². The van der Waals surface area contributed by atoms with Gasteiger partial charge in [-0.3, -0.25) is 0 Å². The molecule has 0 saturated heterocycles. The molecule has 0 aromatic carbocycles. The maximum atomic E-state index is 10.0. The van der Waals surface area contributed by atoms with Crippen LogP contribution in [-0.4, -0.2) is 22.2 Å². The fourth-order valence-corrected chi connectivity index (χ4v) is 1.13. The quantitative estimate of drug-likeness (QED) is 0.754. The highest BCUT2D eigenvalue weighted by atomic mass is 16.3. The van der Waals surface area contributed by atoms with Crippen LogP contribution in [0.4, 0.5) is 0 Å². The highest BCUT2D eigenvalue weighted by molar-refractivity contribution is 5.75. The van der Waals surface area contributed by atoms with Crippen molar-refractivity contribution in [2.24, 2.45) is 10.2 Å². The number of aliphatic hydroxyl groups is 1. The summed E-state index contributed by atoms with van der Waals surface area (Å²) in [5, 5.41) is 17.5. The molecule has 0 aliphatic rings. The lowest BCUT2D eigenvalue weighted by atomic mass is 10.1. The van der Waals surface area contributed by atoms with E-state index in [1.54, 1.807) is 13.8 Å². The second-order valence-electron chi connectivity index (χ2n) is 5.79. The molecule has 0 amide bonds. The van der Waals surface area contributed by atoms with Gasteiger partial charge in [0.1, 0.15) is 5.78 Å². The van der Waals surface area contributed by atoms with E-state index in [4.69, 9.17) is 0 Å². The number of Topliss-reactive ketones (excluding diaryl/α,β-unsaturated/α-hetero) is 1. The van der Waals surface area contributed by atoms with E-state index in [9.17, 15) is 9.90 Å². The third-order valence-corrected chi connectivity index (χ3v) is 1.89. The maximum absolute atomic E-state index is 10.0. The lowest BCUT2D eigenvalue weighted by Gasteiger charge is -2.18. The molecule has 1 N–H and O–H groups in total. The first-order chi connectivity index (χ1) is 8.04. The van der Waals surface area contributed by atoms with Gasteiger partial charge in [-0.1, -0.05) is 20.3 Å². The van der Waals surface area contributed by atoms with Gasteiger partial charge < -0.3 is 9.90 Å². The van der Waals surface area contributed by atoms with Crippen LogP contribution in [0.5, 0.6) is 0 Å². The fourth-order valence-electron chi connectivity index (χ4n) is 1.13. The van der Waals surface area contributed by atoms with Crippen molar-refractivity contribution in [1.82, 2.24) is 0 Å². The normalized spacial score (nSPS) is 14.9. The predicted octanol–water partition coefficient (Wildman–Crippen LogP) is 4.12. The molecular formula is C14H30N2O2. The maximum Gasteiger partial charge on any atom is 0.173 e. The molecule has 0 aromatic rings. The molecule has 0 bridgehead atoms. The van der Waals surface area contributed by atoms with Gasteiger partial charge in [-0.2, -0.15) is 10.2 Å². The number of ketones is 1. The predicted molar refractivity (Wildman–Crippen MR) is 75.7 cm³/mol. The minimum absolute atomic E-state index is 0.197. The zero-order valence-corrected chi connectivity index (χ0v) is 13.1. The Morgan fingerprint density at radius 2 is 1.56 bits per heavy atom. The van der Waals surface area contributed by atoms with Crippen LogP contribution in [0.2, 0.25) is 0 Å². The number of hydrogen-bond acceptors (Lipinski definition) is 4. The van der Waals surface area contributed by atoms with Crippen LogP contribution in [0.1, 0.15) is 74.1 Å². The van der Waals surface area contributed by atoms with E-state index in [1.165, 1.54) is 0 Å². The highest BCUT2D eigenvalue weighted by Gasteiger charge is 2.18. The van der Waals surface area contributed by atoms with E-state index in [0.29, 0.717) is 6.42 Å². The first kappa shape index (κ1) is 19.6. The number of carbonyl (C=O) groups is 1. The van der Waals surface area contributed by atoms with Gasteiger partial charge in [-0.25, -0.2) is 0 Å². The first-order valence-electron chi connectivity index (χ1n) is 6.70. The van der Waals surface area contributed by atoms with Gasteiger partial charge in [0.2, 0.25) is 0 Å². The summed E-state index contributed by atoms with van der Waals surface area (Å²) in [7, 11) is 0.